The lowest BCUT2D eigenvalue weighted by Crippen LogP contribution is -2.21. The summed E-state index contributed by atoms with van der Waals surface area (Å²) in [6.45, 7) is 2.39. The second-order valence-corrected chi connectivity index (χ2v) is 7.14. The number of nitrogens with zero attached hydrogens (tertiary/aromatic N) is 3. The molecule has 0 unspecified atom stereocenters. The fourth-order valence-electron chi connectivity index (χ4n) is 3.23. The fraction of sp³-hybridized carbons (Fsp3) is 0.250. The van der Waals surface area contributed by atoms with Crippen molar-refractivity contribution in [3.8, 4) is 46.8 Å². The molecular formula is C24H19N3O5. The predicted octanol–water partition coefficient (Wildman–Crippen LogP) is 4.25. The molecule has 0 bridgehead atoms. The number of phenols is 2. The molecule has 0 aliphatic heterocycles. The van der Waals surface area contributed by atoms with Gasteiger partial charge in [-0.3, -0.25) is 4.79 Å². The normalized spacial score (nSPS) is 10.8. The quantitative estimate of drug-likeness (QED) is 0.418. The van der Waals surface area contributed by atoms with Gasteiger partial charge in [0, 0.05) is 17.2 Å². The number of nitriles is 3. The van der Waals surface area contributed by atoms with Crippen molar-refractivity contribution in [3.63, 3.8) is 0 Å². The summed E-state index contributed by atoms with van der Waals surface area (Å²) in [4.78, 5) is 12.5. The first-order valence-electron chi connectivity index (χ1n) is 9.91. The van der Waals surface area contributed by atoms with Crippen LogP contribution < -0.4 is 10.2 Å². The van der Waals surface area contributed by atoms with Gasteiger partial charge in [0.2, 0.25) is 5.75 Å². The second-order valence-electron chi connectivity index (χ2n) is 7.14. The van der Waals surface area contributed by atoms with Crippen LogP contribution >= 0.6 is 0 Å². The van der Waals surface area contributed by atoms with E-state index < -0.39 is 22.3 Å². The molecule has 0 radical (unpaired) electrons. The van der Waals surface area contributed by atoms with Crippen LogP contribution in [0.2, 0.25) is 0 Å². The van der Waals surface area contributed by atoms with E-state index in [1.165, 1.54) is 30.3 Å². The van der Waals surface area contributed by atoms with E-state index in [4.69, 9.17) is 9.15 Å². The zero-order valence-electron chi connectivity index (χ0n) is 17.3. The molecule has 0 fully saturated rings. The zero-order valence-corrected chi connectivity index (χ0v) is 17.3. The smallest absolute Gasteiger partial charge is 0.257 e. The van der Waals surface area contributed by atoms with Crippen molar-refractivity contribution in [2.75, 3.05) is 6.61 Å². The van der Waals surface area contributed by atoms with Gasteiger partial charge in [-0.1, -0.05) is 19.8 Å². The van der Waals surface area contributed by atoms with Crippen LogP contribution in [0.3, 0.4) is 0 Å². The largest absolute Gasteiger partial charge is 0.504 e. The molecule has 1 aromatic heterocycles. The van der Waals surface area contributed by atoms with Crippen molar-refractivity contribution >= 4 is 11.0 Å². The third-order valence-electron chi connectivity index (χ3n) is 5.03. The summed E-state index contributed by atoms with van der Waals surface area (Å²) in [6, 6.07) is 13.4. The van der Waals surface area contributed by atoms with Gasteiger partial charge in [-0.15, -0.1) is 0 Å². The molecule has 8 nitrogen and oxygen atoms in total. The number of benzene rings is 2. The van der Waals surface area contributed by atoms with Gasteiger partial charge in [0.1, 0.15) is 29.7 Å². The molecule has 0 atom stereocenters. The molecule has 0 spiro atoms. The van der Waals surface area contributed by atoms with Crippen LogP contribution in [0, 0.1) is 34.0 Å². The Kier molecular flexibility index (Phi) is 6.33. The van der Waals surface area contributed by atoms with E-state index in [0.717, 1.165) is 19.3 Å². The fourth-order valence-corrected chi connectivity index (χ4v) is 3.23. The Labute approximate surface area is 183 Å². The second kappa shape index (κ2) is 9.12. The van der Waals surface area contributed by atoms with Crippen LogP contribution in [0.25, 0.3) is 22.3 Å². The number of hydrogen-bond acceptors (Lipinski definition) is 8. The molecule has 3 rings (SSSR count). The predicted molar refractivity (Wildman–Crippen MR) is 115 cm³/mol. The molecule has 8 heteroatoms. The zero-order chi connectivity index (χ0) is 23.3. The Hall–Kier alpha value is -4.48. The number of aromatic hydroxyl groups is 2. The van der Waals surface area contributed by atoms with Gasteiger partial charge in [-0.05, 0) is 36.8 Å². The van der Waals surface area contributed by atoms with Crippen molar-refractivity contribution in [1.29, 1.82) is 15.8 Å². The first kappa shape index (κ1) is 22.2. The van der Waals surface area contributed by atoms with Crippen molar-refractivity contribution in [2.24, 2.45) is 0 Å². The van der Waals surface area contributed by atoms with Crippen molar-refractivity contribution in [3.05, 3.63) is 52.2 Å². The highest BCUT2D eigenvalue weighted by Crippen LogP contribution is 2.38. The van der Waals surface area contributed by atoms with Gasteiger partial charge in [-0.2, -0.15) is 15.8 Å². The summed E-state index contributed by atoms with van der Waals surface area (Å²) in [5.41, 5.74) is -2.49. The Morgan fingerprint density at radius 2 is 1.75 bits per heavy atom. The van der Waals surface area contributed by atoms with Crippen molar-refractivity contribution in [2.45, 2.75) is 31.6 Å². The minimum absolute atomic E-state index is 0.0184. The van der Waals surface area contributed by atoms with Crippen molar-refractivity contribution < 1.29 is 19.4 Å². The maximum atomic E-state index is 12.5. The maximum absolute atomic E-state index is 12.5. The van der Waals surface area contributed by atoms with Crippen LogP contribution in [0.4, 0.5) is 0 Å². The number of unbranched alkanes of at least 4 members (excludes halogenated alkanes) is 2. The molecule has 3 aromatic rings. The number of rotatable bonds is 7. The molecule has 160 valence electrons. The highest BCUT2D eigenvalue weighted by Gasteiger charge is 2.36. The number of ether oxygens (including phenoxy) is 1. The van der Waals surface area contributed by atoms with Gasteiger partial charge < -0.3 is 19.4 Å². The number of fused-ring (bicyclic) bond motifs is 1. The van der Waals surface area contributed by atoms with Crippen LogP contribution in [-0.2, 0) is 5.41 Å². The molecule has 0 amide bonds. The number of phenolic OH excluding ortho intramolecular Hbond substituents is 2. The molecule has 1 heterocycles. The molecule has 0 aliphatic rings. The van der Waals surface area contributed by atoms with Crippen molar-refractivity contribution in [1.82, 2.24) is 0 Å². The topological polar surface area (TPSA) is 151 Å². The Balaban J connectivity index is 2.19. The van der Waals surface area contributed by atoms with E-state index in [1.54, 1.807) is 24.3 Å². The lowest BCUT2D eigenvalue weighted by Gasteiger charge is -2.17. The first-order valence-corrected chi connectivity index (χ1v) is 9.91. The molecule has 2 N–H and O–H groups in total. The molecule has 2 aromatic carbocycles. The first-order chi connectivity index (χ1) is 15.4. The molecule has 0 aliphatic carbocycles. The summed E-state index contributed by atoms with van der Waals surface area (Å²) in [5, 5.41) is 48.7. The van der Waals surface area contributed by atoms with E-state index >= 15 is 0 Å². The van der Waals surface area contributed by atoms with Crippen LogP contribution in [0.15, 0.2) is 45.6 Å². The third-order valence-corrected chi connectivity index (χ3v) is 5.03. The van der Waals surface area contributed by atoms with Gasteiger partial charge in [0.15, 0.2) is 16.8 Å². The minimum Gasteiger partial charge on any atom is -0.504 e. The van der Waals surface area contributed by atoms with Crippen LogP contribution in [-0.4, -0.2) is 16.8 Å². The van der Waals surface area contributed by atoms with E-state index in [0.29, 0.717) is 6.61 Å². The molecular weight excluding hydrogens is 410 g/mol. The molecule has 0 saturated heterocycles. The Morgan fingerprint density at radius 3 is 2.41 bits per heavy atom. The van der Waals surface area contributed by atoms with Crippen LogP contribution in [0.5, 0.6) is 17.2 Å². The molecule has 0 saturated carbocycles. The standard InChI is InChI=1S/C24H19N3O5/c1-2-3-4-9-31-20-8-5-15(10-17(20)24(12-25,13-26)14-27)21-11-19(29)16-6-7-18(28)22(30)23(16)32-21/h5-8,10-11,28,30H,2-4,9H2,1H3. The number of hydrogen-bond donors (Lipinski definition) is 2. The lowest BCUT2D eigenvalue weighted by atomic mass is 9.83. The third kappa shape index (κ3) is 3.93. The van der Waals surface area contributed by atoms with Gasteiger partial charge >= 0.3 is 0 Å². The highest BCUT2D eigenvalue weighted by molar-refractivity contribution is 5.86. The monoisotopic (exact) mass is 429 g/mol. The average molecular weight is 429 g/mol. The SMILES string of the molecule is CCCCCOc1ccc(-c2cc(=O)c3ccc(O)c(O)c3o2)cc1C(C#N)(C#N)C#N. The van der Waals surface area contributed by atoms with E-state index in [2.05, 4.69) is 0 Å². The van der Waals surface area contributed by atoms with E-state index in [-0.39, 0.29) is 33.6 Å². The van der Waals surface area contributed by atoms with Crippen LogP contribution in [0.1, 0.15) is 31.7 Å². The summed E-state index contributed by atoms with van der Waals surface area (Å²) in [7, 11) is 0. The Bertz CT molecular complexity index is 1320. The van der Waals surface area contributed by atoms with Gasteiger partial charge in [0.25, 0.3) is 5.41 Å². The van der Waals surface area contributed by atoms with Gasteiger partial charge in [-0.25, -0.2) is 0 Å². The highest BCUT2D eigenvalue weighted by atomic mass is 16.5. The summed E-state index contributed by atoms with van der Waals surface area (Å²) in [5.74, 6) is -0.812. The molecule has 32 heavy (non-hydrogen) atoms. The Morgan fingerprint density at radius 1 is 1.03 bits per heavy atom. The van der Waals surface area contributed by atoms with E-state index in [1.807, 2.05) is 6.92 Å². The lowest BCUT2D eigenvalue weighted by molar-refractivity contribution is 0.302. The summed E-state index contributed by atoms with van der Waals surface area (Å²) in [6.07, 6.45) is 2.68. The summed E-state index contributed by atoms with van der Waals surface area (Å²) < 4.78 is 11.4. The minimum atomic E-state index is -2.13. The average Bonchev–Trinajstić information content (AvgIpc) is 2.81. The van der Waals surface area contributed by atoms with Gasteiger partial charge in [0.05, 0.1) is 12.0 Å². The maximum Gasteiger partial charge on any atom is 0.257 e. The summed E-state index contributed by atoms with van der Waals surface area (Å²) >= 11 is 0. The van der Waals surface area contributed by atoms with E-state index in [9.17, 15) is 30.8 Å².